The first-order valence-corrected chi connectivity index (χ1v) is 20.1. The van der Waals surface area contributed by atoms with E-state index in [1.54, 1.807) is 24.5 Å². The van der Waals surface area contributed by atoms with Crippen LogP contribution in [0.4, 0.5) is 9.59 Å². The summed E-state index contributed by atoms with van der Waals surface area (Å²) in [7, 11) is 1.45. The maximum atomic E-state index is 13.9. The number of hydrogen-bond acceptors (Lipinski definition) is 13. The molecule has 0 aromatic heterocycles. The molecule has 3 aliphatic heterocycles. The van der Waals surface area contributed by atoms with Crippen LogP contribution in [-0.2, 0) is 48.1 Å². The lowest BCUT2D eigenvalue weighted by molar-refractivity contribution is -0.139. The number of phenolic OH excluding ortho intramolecular Hbond substituents is 2. The number of aliphatic hydroxyl groups excluding tert-OH is 1. The predicted molar refractivity (Wildman–Crippen MR) is 210 cm³/mol. The normalized spacial score (nSPS) is 20.9. The SMILES string of the molecule is CSCC[C@H](NC(=O)N[C@@H](Cc1cccc(O)c1)C(=O)O)C(=O)NC(CN(C)C(=O)C1Cc2ccc(O)cc2CN1)C(=O)N/C=C1/C[C@@H](O)[C@H](N2CCC(=O)NC2=O)O1. The third-order valence-corrected chi connectivity index (χ3v) is 10.5. The molecular weight excluding hydrogens is 793 g/mol. The Labute approximate surface area is 343 Å². The zero-order chi connectivity index (χ0) is 42.8. The Morgan fingerprint density at radius 1 is 0.983 bits per heavy atom. The number of carbonyl (C=O) groups excluding carboxylic acids is 6. The van der Waals surface area contributed by atoms with E-state index in [0.29, 0.717) is 17.9 Å². The second-order valence-electron chi connectivity index (χ2n) is 14.3. The molecule has 0 spiro atoms. The highest BCUT2D eigenvalue weighted by Gasteiger charge is 2.41. The van der Waals surface area contributed by atoms with Crippen LogP contribution in [0.2, 0.25) is 0 Å². The molecule has 2 saturated heterocycles. The van der Waals surface area contributed by atoms with Crippen molar-refractivity contribution in [3.8, 4) is 11.5 Å². The fourth-order valence-corrected chi connectivity index (χ4v) is 7.25. The van der Waals surface area contributed by atoms with Crippen LogP contribution < -0.4 is 31.9 Å². The topological polar surface area (TPSA) is 288 Å². The van der Waals surface area contributed by atoms with E-state index in [9.17, 15) is 54.0 Å². The first kappa shape index (κ1) is 44.1. The Morgan fingerprint density at radius 3 is 2.44 bits per heavy atom. The number of nitrogens with one attached hydrogen (secondary N) is 6. The lowest BCUT2D eigenvalue weighted by atomic mass is 9.95. The number of aliphatic hydroxyl groups is 1. The summed E-state index contributed by atoms with van der Waals surface area (Å²) < 4.78 is 5.75. The third kappa shape index (κ3) is 12.0. The summed E-state index contributed by atoms with van der Waals surface area (Å²) in [5.74, 6) is -3.39. The van der Waals surface area contributed by atoms with Gasteiger partial charge >= 0.3 is 18.0 Å². The number of imide groups is 1. The van der Waals surface area contributed by atoms with Gasteiger partial charge in [0.1, 0.15) is 41.5 Å². The van der Waals surface area contributed by atoms with E-state index >= 15 is 0 Å². The number of benzene rings is 2. The van der Waals surface area contributed by atoms with E-state index < -0.39 is 78.2 Å². The molecule has 0 radical (unpaired) electrons. The number of likely N-dealkylation sites (N-methyl/N-ethyl adjacent to an activating group) is 1. The fraction of sp³-hybridized carbons (Fsp3) is 0.447. The number of amides is 8. The van der Waals surface area contributed by atoms with Crippen molar-refractivity contribution in [1.82, 2.24) is 41.7 Å². The van der Waals surface area contributed by atoms with E-state index in [0.717, 1.165) is 22.2 Å². The first-order chi connectivity index (χ1) is 28.1. The van der Waals surface area contributed by atoms with Crippen LogP contribution in [-0.4, -0.2) is 141 Å². The number of rotatable bonds is 16. The van der Waals surface area contributed by atoms with Gasteiger partial charge in [-0.3, -0.25) is 29.4 Å². The number of carboxylic acids is 1. The van der Waals surface area contributed by atoms with Crippen LogP contribution in [0.25, 0.3) is 0 Å². The predicted octanol–water partition coefficient (Wildman–Crippen LogP) is -0.821. The molecule has 59 heavy (non-hydrogen) atoms. The molecule has 3 heterocycles. The number of ether oxygens (including phenoxy) is 1. The molecule has 5 rings (SSSR count). The van der Waals surface area contributed by atoms with Crippen molar-refractivity contribution in [3.63, 3.8) is 0 Å². The van der Waals surface area contributed by atoms with Crippen LogP contribution in [0.15, 0.2) is 54.4 Å². The average molecular weight is 841 g/mol. The summed E-state index contributed by atoms with van der Waals surface area (Å²) in [5.41, 5.74) is 2.11. The van der Waals surface area contributed by atoms with E-state index in [-0.39, 0.29) is 62.5 Å². The molecule has 2 aromatic carbocycles. The number of urea groups is 2. The Morgan fingerprint density at radius 2 is 1.73 bits per heavy atom. The molecule has 0 bridgehead atoms. The largest absolute Gasteiger partial charge is 0.508 e. The van der Waals surface area contributed by atoms with Crippen molar-refractivity contribution in [2.24, 2.45) is 0 Å². The lowest BCUT2D eigenvalue weighted by Gasteiger charge is -2.32. The van der Waals surface area contributed by atoms with Gasteiger partial charge in [-0.25, -0.2) is 14.4 Å². The number of aromatic hydroxyl groups is 2. The zero-order valence-electron chi connectivity index (χ0n) is 32.3. The Bertz CT molecular complexity index is 1970. The Balaban J connectivity index is 1.30. The van der Waals surface area contributed by atoms with E-state index in [1.165, 1.54) is 48.0 Å². The molecule has 6 atom stereocenters. The first-order valence-electron chi connectivity index (χ1n) is 18.7. The summed E-state index contributed by atoms with van der Waals surface area (Å²) in [6, 6.07) is 4.18. The smallest absolute Gasteiger partial charge is 0.327 e. The summed E-state index contributed by atoms with van der Waals surface area (Å²) in [5, 5.41) is 55.4. The van der Waals surface area contributed by atoms with Crippen molar-refractivity contribution in [1.29, 1.82) is 0 Å². The minimum atomic E-state index is -1.43. The average Bonchev–Trinajstić information content (AvgIpc) is 3.56. The third-order valence-electron chi connectivity index (χ3n) is 9.88. The number of fused-ring (bicyclic) bond motifs is 1. The van der Waals surface area contributed by atoms with Crippen molar-refractivity contribution >= 4 is 53.4 Å². The molecule has 318 valence electrons. The summed E-state index contributed by atoms with van der Waals surface area (Å²) in [4.78, 5) is 93.0. The molecule has 0 saturated carbocycles. The monoisotopic (exact) mass is 840 g/mol. The van der Waals surface area contributed by atoms with Gasteiger partial charge in [0.15, 0.2) is 0 Å². The number of nitrogens with zero attached hydrogens (tertiary/aromatic N) is 2. The number of hydrogen-bond donors (Lipinski definition) is 10. The van der Waals surface area contributed by atoms with Crippen LogP contribution in [0.5, 0.6) is 11.5 Å². The van der Waals surface area contributed by atoms with Crippen LogP contribution in [0.1, 0.15) is 36.0 Å². The zero-order valence-corrected chi connectivity index (χ0v) is 33.1. The summed E-state index contributed by atoms with van der Waals surface area (Å²) in [6.07, 6.45) is 0.681. The minimum Gasteiger partial charge on any atom is -0.508 e. The van der Waals surface area contributed by atoms with Gasteiger partial charge in [-0.1, -0.05) is 18.2 Å². The highest BCUT2D eigenvalue weighted by atomic mass is 32.2. The molecule has 10 N–H and O–H groups in total. The second-order valence-corrected chi connectivity index (χ2v) is 15.3. The van der Waals surface area contributed by atoms with E-state index in [4.69, 9.17) is 4.74 Å². The molecular formula is C38H48N8O12S. The van der Waals surface area contributed by atoms with Crippen LogP contribution in [0, 0.1) is 0 Å². The van der Waals surface area contributed by atoms with Gasteiger partial charge in [0, 0.05) is 52.1 Å². The standard InChI is InChI=1S/C38H48N8O12S/c1-45(34(53)27-15-21-6-7-24(48)14-22(21)17-39-27)19-29(32(51)40-18-25-16-30(49)35(58-25)46-10-8-31(50)44-38(46)57)41-33(52)26(9-11-59-2)42-37(56)43-28(36(54)55)13-20-4-3-5-23(47)12-20/h3-7,12,14,18,26-30,35,39,47-49H,8-11,13,15-17,19H2,1-2H3,(H,40,51)(H,41,52)(H,54,55)(H2,42,43,56)(H,44,50,57)/b25-18-/t26-,27?,28-,29?,30+,35+/m0/s1. The van der Waals surface area contributed by atoms with Crippen molar-refractivity contribution in [3.05, 3.63) is 71.1 Å². The summed E-state index contributed by atoms with van der Waals surface area (Å²) in [6.45, 7) is -0.0463. The quantitative estimate of drug-likeness (QED) is 0.0989. The molecule has 3 aliphatic rings. The van der Waals surface area contributed by atoms with Crippen molar-refractivity contribution < 1.29 is 58.7 Å². The van der Waals surface area contributed by atoms with Gasteiger partial charge in [-0.2, -0.15) is 11.8 Å². The highest BCUT2D eigenvalue weighted by Crippen LogP contribution is 2.27. The molecule has 20 nitrogen and oxygen atoms in total. The second kappa shape index (κ2) is 20.1. The van der Waals surface area contributed by atoms with E-state index in [2.05, 4.69) is 31.9 Å². The van der Waals surface area contributed by atoms with Crippen LogP contribution >= 0.6 is 11.8 Å². The van der Waals surface area contributed by atoms with Gasteiger partial charge in [-0.15, -0.1) is 0 Å². The maximum absolute atomic E-state index is 13.9. The number of aliphatic carboxylic acids is 1. The van der Waals surface area contributed by atoms with E-state index in [1.807, 2.05) is 0 Å². The molecule has 2 aromatic rings. The Kier molecular flexibility index (Phi) is 15.0. The molecule has 2 unspecified atom stereocenters. The van der Waals surface area contributed by atoms with Crippen molar-refractivity contribution in [2.75, 3.05) is 32.1 Å². The highest BCUT2D eigenvalue weighted by molar-refractivity contribution is 7.98. The van der Waals surface area contributed by atoms with Gasteiger partial charge < -0.3 is 56.6 Å². The number of carbonyl (C=O) groups is 7. The van der Waals surface area contributed by atoms with Gasteiger partial charge in [0.25, 0.3) is 0 Å². The number of carboxylic acid groups (broad SMARTS) is 1. The lowest BCUT2D eigenvalue weighted by Crippen LogP contribution is -2.59. The number of thioether (sulfide) groups is 1. The Hall–Kier alpha value is -6.06. The molecule has 0 aliphatic carbocycles. The molecule has 21 heteroatoms. The number of phenols is 2. The minimum absolute atomic E-state index is 0.00186. The fourth-order valence-electron chi connectivity index (χ4n) is 6.78. The summed E-state index contributed by atoms with van der Waals surface area (Å²) >= 11 is 1.37. The maximum Gasteiger partial charge on any atom is 0.327 e. The van der Waals surface area contributed by atoms with Gasteiger partial charge in [0.05, 0.1) is 6.04 Å². The molecule has 2 fully saturated rings. The van der Waals surface area contributed by atoms with Crippen LogP contribution in [0.3, 0.4) is 0 Å². The molecule has 8 amide bonds. The van der Waals surface area contributed by atoms with Gasteiger partial charge in [-0.05, 0) is 65.8 Å². The van der Waals surface area contributed by atoms with Gasteiger partial charge in [0.2, 0.25) is 29.9 Å². The van der Waals surface area contributed by atoms with Crippen molar-refractivity contribution in [2.45, 2.75) is 75.1 Å².